The number of carbonyl (C=O) groups is 1. The van der Waals surface area contributed by atoms with Gasteiger partial charge in [-0.3, -0.25) is 4.79 Å². The molecule has 0 aliphatic carbocycles. The summed E-state index contributed by atoms with van der Waals surface area (Å²) in [4.78, 5) is 12.1. The van der Waals surface area contributed by atoms with Crippen LogP contribution in [0.1, 0.15) is 20.8 Å². The number of ether oxygens (including phenoxy) is 2. The molecule has 7 heteroatoms. The number of nitriles is 1. The number of halogens is 1. The molecular formula is C17H24ClN3O3. The van der Waals surface area contributed by atoms with Crippen molar-refractivity contribution in [2.45, 2.75) is 26.3 Å². The van der Waals surface area contributed by atoms with Crippen molar-refractivity contribution < 1.29 is 14.3 Å². The van der Waals surface area contributed by atoms with Gasteiger partial charge in [-0.25, -0.2) is 0 Å². The maximum Gasteiger partial charge on any atom is 0.240 e. The van der Waals surface area contributed by atoms with Crippen LogP contribution in [0.15, 0.2) is 18.2 Å². The number of anilines is 1. The topological polar surface area (TPSA) is 83.4 Å². The van der Waals surface area contributed by atoms with Gasteiger partial charge in [0.1, 0.15) is 12.1 Å². The molecule has 1 aromatic carbocycles. The molecule has 132 valence electrons. The highest BCUT2D eigenvalue weighted by atomic mass is 35.5. The zero-order valence-electron chi connectivity index (χ0n) is 14.5. The number of hydrogen-bond acceptors (Lipinski definition) is 5. The Kier molecular flexibility index (Phi) is 7.83. The maximum absolute atomic E-state index is 12.1. The molecule has 1 atom stereocenters. The summed E-state index contributed by atoms with van der Waals surface area (Å²) in [7, 11) is 1.58. The third-order valence-corrected chi connectivity index (χ3v) is 4.02. The lowest BCUT2D eigenvalue weighted by Gasteiger charge is -2.27. The zero-order chi connectivity index (χ0) is 18.2. The number of para-hydroxylation sites is 1. The van der Waals surface area contributed by atoms with Crippen molar-refractivity contribution in [2.75, 3.05) is 32.2 Å². The second kappa shape index (κ2) is 9.36. The quantitative estimate of drug-likeness (QED) is 0.667. The first-order valence-electron chi connectivity index (χ1n) is 7.70. The van der Waals surface area contributed by atoms with Crippen LogP contribution in [-0.2, 0) is 9.53 Å². The van der Waals surface area contributed by atoms with Crippen LogP contribution in [0.4, 0.5) is 5.69 Å². The van der Waals surface area contributed by atoms with Crippen LogP contribution < -0.4 is 15.4 Å². The molecular weight excluding hydrogens is 330 g/mol. The van der Waals surface area contributed by atoms with Crippen molar-refractivity contribution >= 4 is 23.2 Å². The minimum Gasteiger partial charge on any atom is -0.487 e. The van der Waals surface area contributed by atoms with E-state index < -0.39 is 5.54 Å². The van der Waals surface area contributed by atoms with E-state index in [1.807, 2.05) is 13.8 Å². The van der Waals surface area contributed by atoms with Gasteiger partial charge in [-0.15, -0.1) is 0 Å². The van der Waals surface area contributed by atoms with Gasteiger partial charge in [0.2, 0.25) is 5.91 Å². The first-order valence-corrected chi connectivity index (χ1v) is 8.08. The minimum atomic E-state index is -0.912. The highest BCUT2D eigenvalue weighted by Crippen LogP contribution is 2.32. The van der Waals surface area contributed by atoms with Crippen molar-refractivity contribution in [3.8, 4) is 11.8 Å². The number of hydrogen-bond donors (Lipinski definition) is 2. The molecule has 0 radical (unpaired) electrons. The maximum atomic E-state index is 12.1. The second-order valence-electron chi connectivity index (χ2n) is 5.83. The molecule has 0 heterocycles. The number of rotatable bonds is 9. The van der Waals surface area contributed by atoms with Gasteiger partial charge < -0.3 is 20.1 Å². The number of nitrogens with zero attached hydrogens (tertiary/aromatic N) is 1. The number of amides is 1. The van der Waals surface area contributed by atoms with Gasteiger partial charge >= 0.3 is 0 Å². The smallest absolute Gasteiger partial charge is 0.240 e. The van der Waals surface area contributed by atoms with Crippen molar-refractivity contribution in [1.29, 1.82) is 5.26 Å². The molecule has 2 N–H and O–H groups in total. The van der Waals surface area contributed by atoms with E-state index in [9.17, 15) is 10.1 Å². The molecule has 1 rings (SSSR count). The average Bonchev–Trinajstić information content (AvgIpc) is 2.54. The summed E-state index contributed by atoms with van der Waals surface area (Å²) in [6, 6.07) is 7.39. The highest BCUT2D eigenvalue weighted by Gasteiger charge is 2.29. The van der Waals surface area contributed by atoms with Crippen molar-refractivity contribution in [2.24, 2.45) is 5.92 Å². The lowest BCUT2D eigenvalue weighted by atomic mass is 9.90. The van der Waals surface area contributed by atoms with E-state index in [2.05, 4.69) is 16.7 Å². The van der Waals surface area contributed by atoms with Crippen LogP contribution >= 0.6 is 11.6 Å². The Hall–Kier alpha value is -1.97. The Morgan fingerprint density at radius 3 is 2.71 bits per heavy atom. The Balaban J connectivity index is 2.72. The molecule has 6 nitrogen and oxygen atoms in total. The van der Waals surface area contributed by atoms with Gasteiger partial charge in [0.25, 0.3) is 0 Å². The fraction of sp³-hybridized carbons (Fsp3) is 0.529. The average molecular weight is 354 g/mol. The molecule has 0 aliphatic heterocycles. The number of benzene rings is 1. The predicted molar refractivity (Wildman–Crippen MR) is 94.3 cm³/mol. The first kappa shape index (κ1) is 20.1. The van der Waals surface area contributed by atoms with Crippen molar-refractivity contribution in [3.63, 3.8) is 0 Å². The molecule has 0 aromatic heterocycles. The first-order chi connectivity index (χ1) is 11.3. The summed E-state index contributed by atoms with van der Waals surface area (Å²) in [5.41, 5.74) is -0.304. The summed E-state index contributed by atoms with van der Waals surface area (Å²) >= 11 is 6.14. The third-order valence-electron chi connectivity index (χ3n) is 3.73. The summed E-state index contributed by atoms with van der Waals surface area (Å²) in [5, 5.41) is 15.4. The molecule has 1 amide bonds. The summed E-state index contributed by atoms with van der Waals surface area (Å²) < 4.78 is 10.5. The van der Waals surface area contributed by atoms with Crippen LogP contribution in [0.25, 0.3) is 0 Å². The lowest BCUT2D eigenvalue weighted by molar-refractivity contribution is -0.121. The fourth-order valence-electron chi connectivity index (χ4n) is 1.83. The largest absolute Gasteiger partial charge is 0.487 e. The minimum absolute atomic E-state index is 0.00493. The van der Waals surface area contributed by atoms with Gasteiger partial charge in [0.15, 0.2) is 5.75 Å². The van der Waals surface area contributed by atoms with E-state index in [0.717, 1.165) is 0 Å². The van der Waals surface area contributed by atoms with Gasteiger partial charge in [0.05, 0.1) is 29.9 Å². The molecule has 0 saturated heterocycles. The summed E-state index contributed by atoms with van der Waals surface area (Å²) in [5.74, 6) is 0.178. The monoisotopic (exact) mass is 353 g/mol. The third kappa shape index (κ3) is 5.59. The summed E-state index contributed by atoms with van der Waals surface area (Å²) in [6.45, 7) is 6.26. The van der Waals surface area contributed by atoms with E-state index in [4.69, 9.17) is 21.1 Å². The Labute approximate surface area is 148 Å². The Morgan fingerprint density at radius 2 is 2.12 bits per heavy atom. The normalized spacial score (nSPS) is 13.0. The molecule has 0 bridgehead atoms. The van der Waals surface area contributed by atoms with Crippen LogP contribution in [-0.4, -0.2) is 38.3 Å². The molecule has 0 saturated carbocycles. The van der Waals surface area contributed by atoms with Crippen molar-refractivity contribution in [3.05, 3.63) is 23.2 Å². The number of nitrogens with one attached hydrogen (secondary N) is 2. The van der Waals surface area contributed by atoms with E-state index in [1.165, 1.54) is 0 Å². The molecule has 0 aliphatic rings. The lowest BCUT2D eigenvalue weighted by Crippen LogP contribution is -2.50. The number of carbonyl (C=O) groups excluding carboxylic acids is 1. The molecule has 24 heavy (non-hydrogen) atoms. The highest BCUT2D eigenvalue weighted by molar-refractivity contribution is 6.32. The van der Waals surface area contributed by atoms with E-state index in [0.29, 0.717) is 29.7 Å². The van der Waals surface area contributed by atoms with Gasteiger partial charge in [-0.05, 0) is 25.0 Å². The van der Waals surface area contributed by atoms with Crippen LogP contribution in [0, 0.1) is 17.2 Å². The summed E-state index contributed by atoms with van der Waals surface area (Å²) in [6.07, 6.45) is 0. The number of methoxy groups -OCH3 is 1. The zero-order valence-corrected chi connectivity index (χ0v) is 15.2. The van der Waals surface area contributed by atoms with Crippen LogP contribution in [0.3, 0.4) is 0 Å². The van der Waals surface area contributed by atoms with E-state index in [-0.39, 0.29) is 18.4 Å². The van der Waals surface area contributed by atoms with Gasteiger partial charge in [-0.1, -0.05) is 31.5 Å². The Bertz CT molecular complexity index is 601. The van der Waals surface area contributed by atoms with Crippen LogP contribution in [0.5, 0.6) is 5.75 Å². The van der Waals surface area contributed by atoms with Crippen molar-refractivity contribution in [1.82, 2.24) is 5.32 Å². The van der Waals surface area contributed by atoms with Crippen LogP contribution in [0.2, 0.25) is 5.02 Å². The molecule has 0 spiro atoms. The fourth-order valence-corrected chi connectivity index (χ4v) is 2.06. The SMILES string of the molecule is COCCOc1c(Cl)cccc1NCC(=O)N[C@@](C)(C#N)C(C)C. The second-order valence-corrected chi connectivity index (χ2v) is 6.24. The van der Waals surface area contributed by atoms with E-state index in [1.54, 1.807) is 32.2 Å². The van der Waals surface area contributed by atoms with Gasteiger partial charge in [-0.2, -0.15) is 5.26 Å². The predicted octanol–water partition coefficient (Wildman–Crippen LogP) is 2.83. The molecule has 0 unspecified atom stereocenters. The molecule has 1 aromatic rings. The van der Waals surface area contributed by atoms with Gasteiger partial charge in [0, 0.05) is 7.11 Å². The van der Waals surface area contributed by atoms with E-state index >= 15 is 0 Å². The Morgan fingerprint density at radius 1 is 1.42 bits per heavy atom. The standard InChI is InChI=1S/C17H24ClN3O3/c1-12(2)17(3,11-19)21-15(22)10-20-14-7-5-6-13(18)16(14)24-9-8-23-4/h5-7,12,20H,8-10H2,1-4H3,(H,21,22)/t17-/m0/s1. The molecule has 0 fully saturated rings.